The summed E-state index contributed by atoms with van der Waals surface area (Å²) in [7, 11) is 0. The van der Waals surface area contributed by atoms with Crippen LogP contribution in [0, 0.1) is 6.92 Å². The lowest BCUT2D eigenvalue weighted by molar-refractivity contribution is 0.228. The SMILES string of the molecule is Cc1noc(C(C)(C)NC(=O)Nc2ccc(-c3nccs3)cc2)n1. The summed E-state index contributed by atoms with van der Waals surface area (Å²) < 4.78 is 5.13. The largest absolute Gasteiger partial charge is 0.337 e. The molecule has 2 N–H and O–H groups in total. The topological polar surface area (TPSA) is 92.9 Å². The number of anilines is 1. The Kier molecular flexibility index (Phi) is 4.30. The normalized spacial score (nSPS) is 11.3. The summed E-state index contributed by atoms with van der Waals surface area (Å²) >= 11 is 1.57. The highest BCUT2D eigenvalue weighted by molar-refractivity contribution is 7.13. The van der Waals surface area contributed by atoms with Gasteiger partial charge in [0.05, 0.1) is 0 Å². The third-order valence-electron chi connectivity index (χ3n) is 3.31. The van der Waals surface area contributed by atoms with E-state index < -0.39 is 5.54 Å². The monoisotopic (exact) mass is 343 g/mol. The molecule has 3 aromatic rings. The number of rotatable bonds is 4. The van der Waals surface area contributed by atoms with Gasteiger partial charge < -0.3 is 15.2 Å². The number of urea groups is 1. The molecule has 2 aromatic heterocycles. The van der Waals surface area contributed by atoms with Gasteiger partial charge in [0, 0.05) is 22.8 Å². The molecule has 124 valence electrons. The van der Waals surface area contributed by atoms with Crippen LogP contribution in [0.4, 0.5) is 10.5 Å². The van der Waals surface area contributed by atoms with E-state index in [1.807, 2.05) is 29.6 Å². The Bertz CT molecular complexity index is 825. The number of nitrogens with zero attached hydrogens (tertiary/aromatic N) is 3. The molecule has 8 heteroatoms. The first-order chi connectivity index (χ1) is 11.4. The minimum absolute atomic E-state index is 0.349. The van der Waals surface area contributed by atoms with Gasteiger partial charge in [-0.1, -0.05) is 5.16 Å². The van der Waals surface area contributed by atoms with E-state index in [4.69, 9.17) is 4.52 Å². The molecule has 2 heterocycles. The number of hydrogen-bond donors (Lipinski definition) is 2. The average molecular weight is 343 g/mol. The van der Waals surface area contributed by atoms with Gasteiger partial charge in [0.15, 0.2) is 5.82 Å². The molecule has 0 bridgehead atoms. The lowest BCUT2D eigenvalue weighted by Crippen LogP contribution is -2.43. The summed E-state index contributed by atoms with van der Waals surface area (Å²) in [6.07, 6.45) is 1.76. The number of aromatic nitrogens is 3. The van der Waals surface area contributed by atoms with Crippen LogP contribution in [0.15, 0.2) is 40.4 Å². The van der Waals surface area contributed by atoms with Crippen molar-refractivity contribution in [2.75, 3.05) is 5.32 Å². The number of amides is 2. The molecule has 0 aliphatic carbocycles. The smallest absolute Gasteiger partial charge is 0.320 e. The molecular formula is C16H17N5O2S. The Hall–Kier alpha value is -2.74. The Morgan fingerprint density at radius 2 is 2.00 bits per heavy atom. The van der Waals surface area contributed by atoms with Crippen LogP contribution in [0.5, 0.6) is 0 Å². The quantitative estimate of drug-likeness (QED) is 0.755. The highest BCUT2D eigenvalue weighted by atomic mass is 32.1. The maximum atomic E-state index is 12.2. The van der Waals surface area contributed by atoms with Crippen molar-refractivity contribution in [3.05, 3.63) is 47.6 Å². The Labute approximate surface area is 143 Å². The Morgan fingerprint density at radius 1 is 1.25 bits per heavy atom. The van der Waals surface area contributed by atoms with Crippen molar-refractivity contribution in [2.24, 2.45) is 0 Å². The number of hydrogen-bond acceptors (Lipinski definition) is 6. The number of thiazole rings is 1. The van der Waals surface area contributed by atoms with Crippen molar-refractivity contribution < 1.29 is 9.32 Å². The fourth-order valence-electron chi connectivity index (χ4n) is 2.11. The van der Waals surface area contributed by atoms with E-state index in [1.165, 1.54) is 0 Å². The lowest BCUT2D eigenvalue weighted by atomic mass is 10.1. The number of nitrogens with one attached hydrogen (secondary N) is 2. The highest BCUT2D eigenvalue weighted by Gasteiger charge is 2.29. The molecule has 0 spiro atoms. The van der Waals surface area contributed by atoms with E-state index in [1.54, 1.807) is 38.3 Å². The van der Waals surface area contributed by atoms with Crippen molar-refractivity contribution in [1.29, 1.82) is 0 Å². The second kappa shape index (κ2) is 6.40. The van der Waals surface area contributed by atoms with Crippen molar-refractivity contribution >= 4 is 23.1 Å². The molecule has 0 fully saturated rings. The first-order valence-electron chi connectivity index (χ1n) is 7.34. The highest BCUT2D eigenvalue weighted by Crippen LogP contribution is 2.23. The molecular weight excluding hydrogens is 326 g/mol. The van der Waals surface area contributed by atoms with Crippen molar-refractivity contribution in [3.63, 3.8) is 0 Å². The standard InChI is InChI=1S/C16H17N5O2S/c1-10-18-14(23-21-10)16(2,3)20-15(22)19-12-6-4-11(5-7-12)13-17-8-9-24-13/h4-9H,1-3H3,(H2,19,20,22). The molecule has 0 aliphatic heterocycles. The summed E-state index contributed by atoms with van der Waals surface area (Å²) in [6.45, 7) is 5.32. The van der Waals surface area contributed by atoms with Gasteiger partial charge in [0.2, 0.25) is 0 Å². The number of benzene rings is 1. The van der Waals surface area contributed by atoms with E-state index in [-0.39, 0.29) is 6.03 Å². The summed E-state index contributed by atoms with van der Waals surface area (Å²) in [5.74, 6) is 0.882. The van der Waals surface area contributed by atoms with E-state index in [9.17, 15) is 4.79 Å². The Balaban J connectivity index is 1.64. The zero-order valence-electron chi connectivity index (χ0n) is 13.5. The van der Waals surface area contributed by atoms with E-state index in [0.29, 0.717) is 17.4 Å². The average Bonchev–Trinajstić information content (AvgIpc) is 3.19. The molecule has 24 heavy (non-hydrogen) atoms. The first-order valence-corrected chi connectivity index (χ1v) is 8.22. The van der Waals surface area contributed by atoms with Crippen LogP contribution in [0.3, 0.4) is 0 Å². The van der Waals surface area contributed by atoms with Crippen LogP contribution in [0.1, 0.15) is 25.6 Å². The number of aryl methyl sites for hydroxylation is 1. The molecule has 0 unspecified atom stereocenters. The van der Waals surface area contributed by atoms with Crippen molar-refractivity contribution in [1.82, 2.24) is 20.4 Å². The van der Waals surface area contributed by atoms with Crippen LogP contribution in [0.25, 0.3) is 10.6 Å². The summed E-state index contributed by atoms with van der Waals surface area (Å²) in [6, 6.07) is 7.15. The predicted molar refractivity (Wildman–Crippen MR) is 91.8 cm³/mol. The van der Waals surface area contributed by atoms with Crippen LogP contribution in [0.2, 0.25) is 0 Å². The van der Waals surface area contributed by atoms with E-state index >= 15 is 0 Å². The van der Waals surface area contributed by atoms with Gasteiger partial charge in [0.25, 0.3) is 5.89 Å². The second-order valence-corrected chi connectivity index (χ2v) is 6.66. The van der Waals surface area contributed by atoms with Gasteiger partial charge in [0.1, 0.15) is 10.5 Å². The zero-order valence-corrected chi connectivity index (χ0v) is 14.3. The molecule has 7 nitrogen and oxygen atoms in total. The molecule has 0 saturated heterocycles. The molecule has 3 rings (SSSR count). The first kappa shape index (κ1) is 16.1. The Morgan fingerprint density at radius 3 is 2.58 bits per heavy atom. The summed E-state index contributed by atoms with van der Waals surface area (Å²) in [4.78, 5) is 20.6. The maximum Gasteiger partial charge on any atom is 0.320 e. The van der Waals surface area contributed by atoms with E-state index in [0.717, 1.165) is 10.6 Å². The molecule has 0 atom stereocenters. The molecule has 1 aromatic carbocycles. The van der Waals surface area contributed by atoms with Gasteiger partial charge >= 0.3 is 6.03 Å². The van der Waals surface area contributed by atoms with Gasteiger partial charge in [-0.15, -0.1) is 11.3 Å². The summed E-state index contributed by atoms with van der Waals surface area (Å²) in [5, 5.41) is 12.2. The molecule has 0 aliphatic rings. The molecule has 0 saturated carbocycles. The fraction of sp³-hybridized carbons (Fsp3) is 0.250. The molecule has 2 amide bonds. The lowest BCUT2D eigenvalue weighted by Gasteiger charge is -2.22. The van der Waals surface area contributed by atoms with Crippen LogP contribution in [-0.2, 0) is 5.54 Å². The number of carbonyl (C=O) groups is 1. The minimum atomic E-state index is -0.772. The maximum absolute atomic E-state index is 12.2. The van der Waals surface area contributed by atoms with Gasteiger partial charge in [-0.05, 0) is 45.0 Å². The van der Waals surface area contributed by atoms with Crippen LogP contribution in [-0.4, -0.2) is 21.2 Å². The fourth-order valence-corrected chi connectivity index (χ4v) is 2.76. The third kappa shape index (κ3) is 3.60. The van der Waals surface area contributed by atoms with Gasteiger partial charge in [-0.3, -0.25) is 0 Å². The van der Waals surface area contributed by atoms with Gasteiger partial charge in [-0.2, -0.15) is 4.98 Å². The minimum Gasteiger partial charge on any atom is -0.337 e. The van der Waals surface area contributed by atoms with Crippen molar-refractivity contribution in [2.45, 2.75) is 26.3 Å². The van der Waals surface area contributed by atoms with Gasteiger partial charge in [-0.25, -0.2) is 9.78 Å². The summed E-state index contributed by atoms with van der Waals surface area (Å²) in [5.41, 5.74) is 0.926. The zero-order chi connectivity index (χ0) is 17.2. The second-order valence-electron chi connectivity index (χ2n) is 5.77. The number of carbonyl (C=O) groups excluding carboxylic acids is 1. The predicted octanol–water partition coefficient (Wildman–Crippen LogP) is 3.56. The van der Waals surface area contributed by atoms with E-state index in [2.05, 4.69) is 25.8 Å². The van der Waals surface area contributed by atoms with Crippen LogP contribution >= 0.6 is 11.3 Å². The van der Waals surface area contributed by atoms with Crippen LogP contribution < -0.4 is 10.6 Å². The third-order valence-corrected chi connectivity index (χ3v) is 4.13. The molecule has 0 radical (unpaired) electrons. The van der Waals surface area contributed by atoms with Crippen molar-refractivity contribution in [3.8, 4) is 10.6 Å².